The fourth-order valence-corrected chi connectivity index (χ4v) is 6.91. The van der Waals surface area contributed by atoms with E-state index in [0.29, 0.717) is 18.3 Å². The molecule has 0 radical (unpaired) electrons. The molecule has 4 aliphatic rings. The van der Waals surface area contributed by atoms with Crippen LogP contribution >= 0.6 is 0 Å². The first-order valence-electron chi connectivity index (χ1n) is 12.0. The number of esters is 3. The van der Waals surface area contributed by atoms with Gasteiger partial charge in [-0.15, -0.1) is 0 Å². The van der Waals surface area contributed by atoms with Crippen LogP contribution in [0.2, 0.25) is 0 Å². The Kier molecular flexibility index (Phi) is 5.82. The molecule has 33 heavy (non-hydrogen) atoms. The predicted octanol–water partition coefficient (Wildman–Crippen LogP) is 4.35. The minimum atomic E-state index is -2.08. The first kappa shape index (κ1) is 23.7. The van der Waals surface area contributed by atoms with E-state index < -0.39 is 47.7 Å². The monoisotopic (exact) mass is 458 g/mol. The summed E-state index contributed by atoms with van der Waals surface area (Å²) in [7, 11) is 0. The van der Waals surface area contributed by atoms with E-state index in [1.165, 1.54) is 11.1 Å². The lowest BCUT2D eigenvalue weighted by Gasteiger charge is -2.57. The number of fused-ring (bicyclic) bond motifs is 3. The molecule has 1 saturated heterocycles. The van der Waals surface area contributed by atoms with Crippen LogP contribution in [0.4, 0.5) is 0 Å². The zero-order chi connectivity index (χ0) is 24.2. The van der Waals surface area contributed by atoms with Gasteiger partial charge in [0.05, 0.1) is 18.3 Å². The maximum atomic E-state index is 13.6. The molecule has 0 aromatic carbocycles. The normalized spacial score (nSPS) is 38.1. The van der Waals surface area contributed by atoms with Crippen LogP contribution in [0, 0.1) is 28.6 Å². The first-order valence-corrected chi connectivity index (χ1v) is 12.0. The van der Waals surface area contributed by atoms with Crippen LogP contribution in [0.25, 0.3) is 0 Å². The van der Waals surface area contributed by atoms with Crippen molar-refractivity contribution in [3.05, 3.63) is 23.3 Å². The van der Waals surface area contributed by atoms with E-state index in [1.807, 2.05) is 6.92 Å². The van der Waals surface area contributed by atoms with E-state index in [1.54, 1.807) is 0 Å². The van der Waals surface area contributed by atoms with Crippen LogP contribution in [-0.4, -0.2) is 34.6 Å². The van der Waals surface area contributed by atoms with Gasteiger partial charge in [-0.25, -0.2) is 4.79 Å². The molecule has 0 spiro atoms. The Labute approximate surface area is 194 Å². The van der Waals surface area contributed by atoms with Gasteiger partial charge in [0.2, 0.25) is 5.60 Å². The van der Waals surface area contributed by atoms with Crippen molar-refractivity contribution in [1.82, 2.24) is 0 Å². The topological polar surface area (TPSA) is 107 Å². The van der Waals surface area contributed by atoms with Crippen LogP contribution in [0.3, 0.4) is 0 Å². The molecule has 3 aliphatic carbocycles. The summed E-state index contributed by atoms with van der Waals surface area (Å²) in [6, 6.07) is 0. The smallest absolute Gasteiger partial charge is 0.359 e. The van der Waals surface area contributed by atoms with Gasteiger partial charge in [-0.05, 0) is 67.8 Å². The van der Waals surface area contributed by atoms with Crippen molar-refractivity contribution in [2.75, 3.05) is 0 Å². The maximum Gasteiger partial charge on any atom is 0.359 e. The Morgan fingerprint density at radius 3 is 2.58 bits per heavy atom. The summed E-state index contributed by atoms with van der Waals surface area (Å²) in [6.45, 7) is 8.60. The van der Waals surface area contributed by atoms with Crippen LogP contribution in [0.15, 0.2) is 23.3 Å². The van der Waals surface area contributed by atoms with E-state index in [4.69, 9.17) is 4.74 Å². The van der Waals surface area contributed by atoms with E-state index in [-0.39, 0.29) is 11.3 Å². The quantitative estimate of drug-likeness (QED) is 0.482. The van der Waals surface area contributed by atoms with Crippen molar-refractivity contribution in [2.45, 2.75) is 84.7 Å². The maximum absolute atomic E-state index is 13.6. The largest absolute Gasteiger partial charge is 0.481 e. The van der Waals surface area contributed by atoms with Crippen LogP contribution in [0.1, 0.15) is 79.1 Å². The van der Waals surface area contributed by atoms with Gasteiger partial charge in [-0.2, -0.15) is 0 Å². The molecule has 1 heterocycles. The van der Waals surface area contributed by atoms with Crippen molar-refractivity contribution >= 4 is 23.9 Å². The Balaban J connectivity index is 1.65. The minimum absolute atomic E-state index is 0.00371. The Morgan fingerprint density at radius 2 is 1.97 bits per heavy atom. The average molecular weight is 459 g/mol. The second-order valence-electron chi connectivity index (χ2n) is 11.1. The number of rotatable bonds is 5. The highest BCUT2D eigenvalue weighted by atomic mass is 16.6. The van der Waals surface area contributed by atoms with E-state index >= 15 is 0 Å². The highest BCUT2D eigenvalue weighted by Gasteiger charge is 2.61. The Hall–Kier alpha value is -2.44. The molecule has 5 atom stereocenters. The molecule has 1 N–H and O–H groups in total. The van der Waals surface area contributed by atoms with E-state index in [9.17, 15) is 24.3 Å². The average Bonchev–Trinajstić information content (AvgIpc) is 2.99. The summed E-state index contributed by atoms with van der Waals surface area (Å²) in [6.07, 6.45) is 8.56. The number of carbonyl (C=O) groups is 4. The Bertz CT molecular complexity index is 960. The number of aliphatic carboxylic acids is 1. The number of carbonyl (C=O) groups excluding carboxylic acids is 3. The fraction of sp³-hybridized carbons (Fsp3) is 0.692. The second kappa shape index (κ2) is 8.10. The highest BCUT2D eigenvalue weighted by molar-refractivity contribution is 6.02. The van der Waals surface area contributed by atoms with Gasteiger partial charge in [0.15, 0.2) is 0 Å². The molecule has 0 bridgehead atoms. The molecule has 5 unspecified atom stereocenters. The molecular formula is C26H34O7. The summed E-state index contributed by atoms with van der Waals surface area (Å²) in [5, 5.41) is 9.33. The molecule has 7 nitrogen and oxygen atoms in total. The number of hydrogen-bond acceptors (Lipinski definition) is 6. The molecule has 0 aromatic heterocycles. The summed E-state index contributed by atoms with van der Waals surface area (Å²) in [5.41, 5.74) is -0.215. The van der Waals surface area contributed by atoms with Crippen LogP contribution in [0.5, 0.6) is 0 Å². The number of hydrogen-bond donors (Lipinski definition) is 1. The molecule has 0 amide bonds. The predicted molar refractivity (Wildman–Crippen MR) is 119 cm³/mol. The zero-order valence-corrected chi connectivity index (χ0v) is 19.9. The van der Waals surface area contributed by atoms with Gasteiger partial charge in [0, 0.05) is 0 Å². The number of cyclic esters (lactones) is 2. The number of carboxylic acids is 1. The van der Waals surface area contributed by atoms with Gasteiger partial charge < -0.3 is 14.6 Å². The van der Waals surface area contributed by atoms with Gasteiger partial charge in [0.1, 0.15) is 0 Å². The summed E-state index contributed by atoms with van der Waals surface area (Å²) in [4.78, 5) is 49.2. The number of ether oxygens (including phenoxy) is 2. The molecule has 180 valence electrons. The highest BCUT2D eigenvalue weighted by Crippen LogP contribution is 2.62. The minimum Gasteiger partial charge on any atom is -0.481 e. The van der Waals surface area contributed by atoms with E-state index in [0.717, 1.165) is 32.1 Å². The number of allylic oxidation sites excluding steroid dienone is 4. The SMILES string of the molecule is CC(C)C1=CC2=CCC3C(C)(C(=O)OC4(CC(=O)O)CC(=O)OC4=O)CCCC3(C)C2CC1. The third kappa shape index (κ3) is 3.83. The molecule has 1 saturated carbocycles. The van der Waals surface area contributed by atoms with Crippen molar-refractivity contribution in [2.24, 2.45) is 28.6 Å². The summed E-state index contributed by atoms with van der Waals surface area (Å²) in [5.74, 6) is -3.00. The lowest BCUT2D eigenvalue weighted by molar-refractivity contribution is -0.192. The Morgan fingerprint density at radius 1 is 1.24 bits per heavy atom. The van der Waals surface area contributed by atoms with Gasteiger partial charge in [-0.3, -0.25) is 14.4 Å². The third-order valence-electron chi connectivity index (χ3n) is 8.78. The number of carboxylic acid groups (broad SMARTS) is 1. The van der Waals surface area contributed by atoms with Crippen LogP contribution in [-0.2, 0) is 28.7 Å². The standard InChI is InChI=1S/C26H34O7/c1-15(2)16-6-8-18-17(12-16)7-9-19-24(18,3)10-5-11-25(19,4)22(30)33-26(13-20(27)28)14-21(29)32-23(26)31/h7,12,15,18-19H,5-6,8-11,13-14H2,1-4H3,(H,27,28). The zero-order valence-electron chi connectivity index (χ0n) is 19.9. The first-order chi connectivity index (χ1) is 15.4. The fourth-order valence-electron chi connectivity index (χ4n) is 6.91. The van der Waals surface area contributed by atoms with Crippen molar-refractivity contribution in [3.8, 4) is 0 Å². The molecule has 4 rings (SSSR count). The molecule has 7 heteroatoms. The lowest BCUT2D eigenvalue weighted by atomic mass is 9.47. The lowest BCUT2D eigenvalue weighted by Crippen LogP contribution is -2.55. The molecular weight excluding hydrogens is 424 g/mol. The van der Waals surface area contributed by atoms with Crippen molar-refractivity contribution in [1.29, 1.82) is 0 Å². The summed E-state index contributed by atoms with van der Waals surface area (Å²) >= 11 is 0. The van der Waals surface area contributed by atoms with Gasteiger partial charge in [0.25, 0.3) is 0 Å². The van der Waals surface area contributed by atoms with Crippen molar-refractivity contribution < 1.29 is 33.8 Å². The van der Waals surface area contributed by atoms with Gasteiger partial charge in [-0.1, -0.05) is 44.9 Å². The third-order valence-corrected chi connectivity index (χ3v) is 8.78. The second-order valence-corrected chi connectivity index (χ2v) is 11.1. The molecule has 0 aromatic rings. The van der Waals surface area contributed by atoms with Gasteiger partial charge >= 0.3 is 23.9 Å². The van der Waals surface area contributed by atoms with Crippen LogP contribution < -0.4 is 0 Å². The van der Waals surface area contributed by atoms with Crippen molar-refractivity contribution in [3.63, 3.8) is 0 Å². The van der Waals surface area contributed by atoms with E-state index in [2.05, 4.69) is 37.7 Å². The molecule has 2 fully saturated rings. The summed E-state index contributed by atoms with van der Waals surface area (Å²) < 4.78 is 10.3. The molecule has 1 aliphatic heterocycles.